The molecule has 6 heteroatoms. The van der Waals surface area contributed by atoms with Crippen LogP contribution in [0.1, 0.15) is 17.3 Å². The van der Waals surface area contributed by atoms with Crippen molar-refractivity contribution in [1.82, 2.24) is 0 Å². The number of fused-ring (bicyclic) bond motifs is 1. The average molecular weight is 296 g/mol. The molecule has 2 aromatic rings. The second-order valence-corrected chi connectivity index (χ2v) is 4.07. The van der Waals surface area contributed by atoms with Crippen LogP contribution in [-0.4, -0.2) is 23.1 Å². The number of nitrogen functional groups attached to an aromatic ring is 1. The standard InChI is InChI=1S/C11H9NO2.C3H5ClO2/c12-8-5-7-3-1-2-4-9(7)10(6-8)11(13)14;1-2-6-3(4)5/h1-6H,12H2,(H,13,14);2H2,1H3. The summed E-state index contributed by atoms with van der Waals surface area (Å²) in [5.41, 5.74) is 5.58. The molecular formula is C14H14ClNO4. The molecule has 0 unspecified atom stereocenters. The molecular weight excluding hydrogens is 282 g/mol. The Morgan fingerprint density at radius 1 is 1.30 bits per heavy atom. The SMILES string of the molecule is CCOC(=O)Cl.Nc1cc(C(=O)O)c2ccccc2c1. The molecule has 106 valence electrons. The predicted molar refractivity (Wildman–Crippen MR) is 78.2 cm³/mol. The zero-order valence-corrected chi connectivity index (χ0v) is 11.6. The molecule has 5 nitrogen and oxygen atoms in total. The Labute approximate surface area is 120 Å². The highest BCUT2D eigenvalue weighted by Gasteiger charge is 2.08. The fourth-order valence-electron chi connectivity index (χ4n) is 1.62. The van der Waals surface area contributed by atoms with Crippen LogP contribution >= 0.6 is 11.6 Å². The van der Waals surface area contributed by atoms with Gasteiger partial charge in [-0.3, -0.25) is 0 Å². The van der Waals surface area contributed by atoms with Crippen molar-refractivity contribution >= 4 is 39.5 Å². The summed E-state index contributed by atoms with van der Waals surface area (Å²) in [5, 5.41) is 10.5. The van der Waals surface area contributed by atoms with Gasteiger partial charge in [-0.1, -0.05) is 24.3 Å². The van der Waals surface area contributed by atoms with E-state index >= 15 is 0 Å². The van der Waals surface area contributed by atoms with E-state index in [-0.39, 0.29) is 5.56 Å². The number of anilines is 1. The minimum absolute atomic E-state index is 0.251. The van der Waals surface area contributed by atoms with Crippen LogP contribution in [0.4, 0.5) is 10.5 Å². The third-order valence-electron chi connectivity index (χ3n) is 2.37. The van der Waals surface area contributed by atoms with E-state index in [1.165, 1.54) is 6.07 Å². The topological polar surface area (TPSA) is 89.6 Å². The number of carboxylic acid groups (broad SMARTS) is 1. The maximum Gasteiger partial charge on any atom is 0.403 e. The molecule has 0 heterocycles. The molecule has 2 rings (SSSR count). The van der Waals surface area contributed by atoms with E-state index in [1.807, 2.05) is 18.2 Å². The highest BCUT2D eigenvalue weighted by molar-refractivity contribution is 6.61. The Kier molecular flexibility index (Phi) is 5.80. The van der Waals surface area contributed by atoms with Gasteiger partial charge in [0.1, 0.15) is 0 Å². The lowest BCUT2D eigenvalue weighted by atomic mass is 10.0. The molecule has 0 amide bonds. The van der Waals surface area contributed by atoms with Crippen LogP contribution in [0.15, 0.2) is 36.4 Å². The number of benzene rings is 2. The molecule has 0 fully saturated rings. The van der Waals surface area contributed by atoms with Crippen LogP contribution in [0.3, 0.4) is 0 Å². The molecule has 3 N–H and O–H groups in total. The number of ether oxygens (including phenoxy) is 1. The summed E-state index contributed by atoms with van der Waals surface area (Å²) in [6.07, 6.45) is 0. The van der Waals surface area contributed by atoms with Crippen LogP contribution in [0.2, 0.25) is 0 Å². The largest absolute Gasteiger partial charge is 0.478 e. The molecule has 0 bridgehead atoms. The molecule has 0 spiro atoms. The first-order chi connectivity index (χ1) is 9.45. The van der Waals surface area contributed by atoms with Gasteiger partial charge < -0.3 is 15.6 Å². The van der Waals surface area contributed by atoms with Gasteiger partial charge in [0.15, 0.2) is 0 Å². The van der Waals surface area contributed by atoms with Crippen LogP contribution in [-0.2, 0) is 4.74 Å². The fraction of sp³-hybridized carbons (Fsp3) is 0.143. The van der Waals surface area contributed by atoms with E-state index < -0.39 is 11.4 Å². The van der Waals surface area contributed by atoms with E-state index in [1.54, 1.807) is 19.1 Å². The number of carboxylic acids is 1. The second kappa shape index (κ2) is 7.35. The Balaban J connectivity index is 0.000000286. The van der Waals surface area contributed by atoms with Gasteiger partial charge in [0.2, 0.25) is 0 Å². The highest BCUT2D eigenvalue weighted by atomic mass is 35.5. The third kappa shape index (κ3) is 4.44. The third-order valence-corrected chi connectivity index (χ3v) is 2.48. The number of rotatable bonds is 2. The maximum atomic E-state index is 10.9. The zero-order valence-electron chi connectivity index (χ0n) is 10.8. The summed E-state index contributed by atoms with van der Waals surface area (Å²) in [6, 6.07) is 10.5. The average Bonchev–Trinajstić information content (AvgIpc) is 2.38. The van der Waals surface area contributed by atoms with E-state index in [0.717, 1.165) is 5.39 Å². The highest BCUT2D eigenvalue weighted by Crippen LogP contribution is 2.22. The summed E-state index contributed by atoms with van der Waals surface area (Å²) < 4.78 is 4.17. The first-order valence-corrected chi connectivity index (χ1v) is 6.17. The Morgan fingerprint density at radius 3 is 2.45 bits per heavy atom. The molecule has 0 radical (unpaired) electrons. The molecule has 0 atom stereocenters. The number of halogens is 1. The predicted octanol–water partition coefficient (Wildman–Crippen LogP) is 3.50. The lowest BCUT2D eigenvalue weighted by Crippen LogP contribution is -1.99. The molecule has 20 heavy (non-hydrogen) atoms. The number of carbonyl (C=O) groups excluding carboxylic acids is 1. The minimum Gasteiger partial charge on any atom is -0.478 e. The van der Waals surface area contributed by atoms with Gasteiger partial charge in [0.25, 0.3) is 0 Å². The zero-order chi connectivity index (χ0) is 15.1. The number of aromatic carboxylic acids is 1. The Hall–Kier alpha value is -2.27. The van der Waals surface area contributed by atoms with Crippen molar-refractivity contribution in [3.8, 4) is 0 Å². The van der Waals surface area contributed by atoms with Gasteiger partial charge >= 0.3 is 11.4 Å². The van der Waals surface area contributed by atoms with Crippen molar-refractivity contribution in [3.63, 3.8) is 0 Å². The van der Waals surface area contributed by atoms with Crippen molar-refractivity contribution in [3.05, 3.63) is 42.0 Å². The number of carbonyl (C=O) groups is 2. The second-order valence-electron chi connectivity index (χ2n) is 3.77. The van der Waals surface area contributed by atoms with Crippen LogP contribution in [0.5, 0.6) is 0 Å². The first kappa shape index (κ1) is 15.8. The smallest absolute Gasteiger partial charge is 0.403 e. The van der Waals surface area contributed by atoms with Crippen LogP contribution in [0.25, 0.3) is 10.8 Å². The van der Waals surface area contributed by atoms with E-state index in [9.17, 15) is 9.59 Å². The van der Waals surface area contributed by atoms with E-state index in [4.69, 9.17) is 22.4 Å². The number of nitrogens with two attached hydrogens (primary N) is 1. The van der Waals surface area contributed by atoms with E-state index in [0.29, 0.717) is 17.7 Å². The Morgan fingerprint density at radius 2 is 1.95 bits per heavy atom. The van der Waals surface area contributed by atoms with Crippen molar-refractivity contribution < 1.29 is 19.4 Å². The molecule has 0 saturated heterocycles. The lowest BCUT2D eigenvalue weighted by Gasteiger charge is -2.03. The van der Waals surface area contributed by atoms with E-state index in [2.05, 4.69) is 4.74 Å². The van der Waals surface area contributed by atoms with Gasteiger partial charge in [-0.2, -0.15) is 0 Å². The summed E-state index contributed by atoms with van der Waals surface area (Å²) in [4.78, 5) is 20.5. The van der Waals surface area contributed by atoms with Crippen LogP contribution < -0.4 is 5.73 Å². The summed E-state index contributed by atoms with van der Waals surface area (Å²) >= 11 is 4.72. The van der Waals surface area contributed by atoms with Crippen molar-refractivity contribution in [1.29, 1.82) is 0 Å². The normalized spacial score (nSPS) is 9.50. The summed E-state index contributed by atoms with van der Waals surface area (Å²) in [6.45, 7) is 2.04. The summed E-state index contributed by atoms with van der Waals surface area (Å²) in [7, 11) is 0. The lowest BCUT2D eigenvalue weighted by molar-refractivity contribution is 0.0699. The molecule has 0 aromatic heterocycles. The van der Waals surface area contributed by atoms with Crippen LogP contribution in [0, 0.1) is 0 Å². The van der Waals surface area contributed by atoms with Crippen molar-refractivity contribution in [2.45, 2.75) is 6.92 Å². The summed E-state index contributed by atoms with van der Waals surface area (Å²) in [5.74, 6) is -0.950. The minimum atomic E-state index is -0.950. The van der Waals surface area contributed by atoms with Gasteiger partial charge in [-0.05, 0) is 29.8 Å². The fourth-order valence-corrected chi connectivity index (χ4v) is 1.73. The maximum absolute atomic E-state index is 10.9. The van der Waals surface area contributed by atoms with Crippen molar-refractivity contribution in [2.24, 2.45) is 0 Å². The quantitative estimate of drug-likeness (QED) is 0.653. The molecule has 0 aliphatic heterocycles. The monoisotopic (exact) mass is 295 g/mol. The van der Waals surface area contributed by atoms with Gasteiger partial charge in [0, 0.05) is 17.3 Å². The molecule has 0 aliphatic carbocycles. The number of hydrogen-bond acceptors (Lipinski definition) is 4. The van der Waals surface area contributed by atoms with Crippen molar-refractivity contribution in [2.75, 3.05) is 12.3 Å². The van der Waals surface area contributed by atoms with Gasteiger partial charge in [-0.15, -0.1) is 0 Å². The van der Waals surface area contributed by atoms with Gasteiger partial charge in [-0.25, -0.2) is 9.59 Å². The first-order valence-electron chi connectivity index (χ1n) is 5.79. The van der Waals surface area contributed by atoms with Gasteiger partial charge in [0.05, 0.1) is 12.2 Å². The Bertz CT molecular complexity index is 628. The number of hydrogen-bond donors (Lipinski definition) is 2. The molecule has 2 aromatic carbocycles. The molecule has 0 saturated carbocycles. The molecule has 0 aliphatic rings.